The van der Waals surface area contributed by atoms with E-state index in [9.17, 15) is 9.90 Å². The number of carbonyl (C=O) groups excluding carboxylic acids is 1. The molecule has 2 rings (SSSR count). The fourth-order valence-corrected chi connectivity index (χ4v) is 3.81. The van der Waals surface area contributed by atoms with E-state index < -0.39 is 0 Å². The van der Waals surface area contributed by atoms with Crippen molar-refractivity contribution in [1.29, 1.82) is 0 Å². The molecule has 2 unspecified atom stereocenters. The van der Waals surface area contributed by atoms with Crippen LogP contribution >= 0.6 is 11.8 Å². The molecule has 0 spiro atoms. The zero-order valence-corrected chi connectivity index (χ0v) is 13.2. The molecule has 1 amide bonds. The topological polar surface area (TPSA) is 49.3 Å². The molecule has 2 N–H and O–H groups in total. The van der Waals surface area contributed by atoms with Crippen molar-refractivity contribution in [3.05, 3.63) is 29.8 Å². The van der Waals surface area contributed by atoms with Crippen LogP contribution in [0, 0.1) is 5.41 Å². The summed E-state index contributed by atoms with van der Waals surface area (Å²) in [5, 5.41) is 12.5. The van der Waals surface area contributed by atoms with Gasteiger partial charge in [0, 0.05) is 10.6 Å². The van der Waals surface area contributed by atoms with Gasteiger partial charge in [-0.2, -0.15) is 0 Å². The standard InChI is InChI=1S/C16H23NO2S/c1-16(2,3)8-11(9-18)17-15(19)13-10-20-14-7-5-4-6-12(13)14/h4-7,11,13,18H,8-10H2,1-3H3,(H,17,19). The number of aliphatic hydroxyl groups excluding tert-OH is 1. The molecule has 1 aromatic carbocycles. The van der Waals surface area contributed by atoms with Gasteiger partial charge in [0.05, 0.1) is 18.6 Å². The fraction of sp³-hybridized carbons (Fsp3) is 0.562. The molecule has 0 saturated carbocycles. The Balaban J connectivity index is 2.02. The van der Waals surface area contributed by atoms with E-state index in [1.165, 1.54) is 4.90 Å². The van der Waals surface area contributed by atoms with Crippen LogP contribution < -0.4 is 5.32 Å². The van der Waals surface area contributed by atoms with Crippen LogP contribution in [-0.2, 0) is 4.79 Å². The van der Waals surface area contributed by atoms with Crippen LogP contribution in [0.15, 0.2) is 29.2 Å². The minimum absolute atomic E-state index is 0.00941. The Morgan fingerprint density at radius 2 is 2.15 bits per heavy atom. The van der Waals surface area contributed by atoms with Crippen molar-refractivity contribution < 1.29 is 9.90 Å². The van der Waals surface area contributed by atoms with Crippen molar-refractivity contribution in [3.8, 4) is 0 Å². The number of hydrogen-bond donors (Lipinski definition) is 2. The predicted molar refractivity (Wildman–Crippen MR) is 83.0 cm³/mol. The normalized spacial score (nSPS) is 19.5. The molecule has 110 valence electrons. The first-order valence-corrected chi connectivity index (χ1v) is 8.02. The van der Waals surface area contributed by atoms with Crippen molar-refractivity contribution in [2.24, 2.45) is 5.41 Å². The monoisotopic (exact) mass is 293 g/mol. The quantitative estimate of drug-likeness (QED) is 0.897. The van der Waals surface area contributed by atoms with Gasteiger partial charge in [0.15, 0.2) is 0 Å². The molecule has 3 nitrogen and oxygen atoms in total. The molecule has 4 heteroatoms. The van der Waals surface area contributed by atoms with Gasteiger partial charge in [-0.25, -0.2) is 0 Å². The van der Waals surface area contributed by atoms with E-state index in [0.29, 0.717) is 0 Å². The van der Waals surface area contributed by atoms with Crippen LogP contribution in [-0.4, -0.2) is 29.4 Å². The second-order valence-electron chi connectivity index (χ2n) is 6.55. The Kier molecular flexibility index (Phi) is 4.76. The number of benzene rings is 1. The number of hydrogen-bond acceptors (Lipinski definition) is 3. The van der Waals surface area contributed by atoms with E-state index in [-0.39, 0.29) is 29.9 Å². The first-order valence-electron chi connectivity index (χ1n) is 7.03. The van der Waals surface area contributed by atoms with E-state index in [0.717, 1.165) is 17.7 Å². The molecule has 0 radical (unpaired) electrons. The van der Waals surface area contributed by atoms with E-state index in [1.807, 2.05) is 18.2 Å². The lowest BCUT2D eigenvalue weighted by atomic mass is 9.88. The maximum Gasteiger partial charge on any atom is 0.228 e. The maximum atomic E-state index is 12.4. The third-order valence-corrected chi connectivity index (χ3v) is 4.62. The molecule has 1 heterocycles. The lowest BCUT2D eigenvalue weighted by Crippen LogP contribution is -2.42. The van der Waals surface area contributed by atoms with Gasteiger partial charge < -0.3 is 10.4 Å². The lowest BCUT2D eigenvalue weighted by molar-refractivity contribution is -0.123. The molecule has 20 heavy (non-hydrogen) atoms. The largest absolute Gasteiger partial charge is 0.394 e. The maximum absolute atomic E-state index is 12.4. The van der Waals surface area contributed by atoms with E-state index in [4.69, 9.17) is 0 Å². The van der Waals surface area contributed by atoms with Gasteiger partial charge in [-0.15, -0.1) is 11.8 Å². The van der Waals surface area contributed by atoms with Crippen LogP contribution in [0.5, 0.6) is 0 Å². The SMILES string of the molecule is CC(C)(C)CC(CO)NC(=O)C1CSc2ccccc21. The van der Waals surface area contributed by atoms with Gasteiger partial charge in [0.25, 0.3) is 0 Å². The number of amides is 1. The highest BCUT2D eigenvalue weighted by molar-refractivity contribution is 7.99. The average Bonchev–Trinajstić information content (AvgIpc) is 2.80. The number of rotatable bonds is 4. The van der Waals surface area contributed by atoms with Crippen LogP contribution in [0.25, 0.3) is 0 Å². The van der Waals surface area contributed by atoms with E-state index in [1.54, 1.807) is 11.8 Å². The predicted octanol–water partition coefficient (Wildman–Crippen LogP) is 2.79. The van der Waals surface area contributed by atoms with Crippen molar-refractivity contribution in [2.45, 2.75) is 44.0 Å². The minimum atomic E-state index is -0.166. The van der Waals surface area contributed by atoms with Gasteiger partial charge in [0.2, 0.25) is 5.91 Å². The van der Waals surface area contributed by atoms with Crippen molar-refractivity contribution >= 4 is 17.7 Å². The van der Waals surface area contributed by atoms with Gasteiger partial charge >= 0.3 is 0 Å². The smallest absolute Gasteiger partial charge is 0.228 e. The Labute approximate surface area is 125 Å². The summed E-state index contributed by atoms with van der Waals surface area (Å²) in [6.07, 6.45) is 0.775. The first-order chi connectivity index (χ1) is 9.40. The summed E-state index contributed by atoms with van der Waals surface area (Å²) in [7, 11) is 0. The second-order valence-corrected chi connectivity index (χ2v) is 7.62. The number of carbonyl (C=O) groups is 1. The lowest BCUT2D eigenvalue weighted by Gasteiger charge is -2.26. The zero-order chi connectivity index (χ0) is 14.8. The first kappa shape index (κ1) is 15.4. The average molecular weight is 293 g/mol. The van der Waals surface area contributed by atoms with Gasteiger partial charge in [-0.05, 0) is 23.5 Å². The Hall–Kier alpha value is -1.00. The highest BCUT2D eigenvalue weighted by atomic mass is 32.2. The third kappa shape index (κ3) is 3.76. The molecular weight excluding hydrogens is 270 g/mol. The van der Waals surface area contributed by atoms with E-state index >= 15 is 0 Å². The van der Waals surface area contributed by atoms with Gasteiger partial charge in [-0.1, -0.05) is 39.0 Å². The minimum Gasteiger partial charge on any atom is -0.394 e. The van der Waals surface area contributed by atoms with Crippen LogP contribution in [0.1, 0.15) is 38.7 Å². The number of aliphatic hydroxyl groups is 1. The molecular formula is C16H23NO2S. The van der Waals surface area contributed by atoms with Gasteiger partial charge in [0.1, 0.15) is 0 Å². The van der Waals surface area contributed by atoms with Crippen molar-refractivity contribution in [3.63, 3.8) is 0 Å². The molecule has 1 aliphatic heterocycles. The molecule has 2 atom stereocenters. The summed E-state index contributed by atoms with van der Waals surface area (Å²) in [5.41, 5.74) is 1.20. The number of fused-ring (bicyclic) bond motifs is 1. The summed E-state index contributed by atoms with van der Waals surface area (Å²) >= 11 is 1.73. The van der Waals surface area contributed by atoms with Crippen LogP contribution in [0.2, 0.25) is 0 Å². The Morgan fingerprint density at radius 3 is 2.80 bits per heavy atom. The molecule has 1 aromatic rings. The molecule has 0 aromatic heterocycles. The summed E-state index contributed by atoms with van der Waals surface area (Å²) in [6, 6.07) is 7.90. The summed E-state index contributed by atoms with van der Waals surface area (Å²) in [4.78, 5) is 13.6. The van der Waals surface area contributed by atoms with Crippen LogP contribution in [0.3, 0.4) is 0 Å². The summed E-state index contributed by atoms with van der Waals surface area (Å²) in [6.45, 7) is 6.33. The zero-order valence-electron chi connectivity index (χ0n) is 12.3. The molecule has 0 fully saturated rings. The Bertz CT molecular complexity index is 482. The summed E-state index contributed by atoms with van der Waals surface area (Å²) < 4.78 is 0. The highest BCUT2D eigenvalue weighted by Crippen LogP contribution is 2.39. The van der Waals surface area contributed by atoms with Crippen LogP contribution in [0.4, 0.5) is 0 Å². The molecule has 0 saturated heterocycles. The fourth-order valence-electron chi connectivity index (χ4n) is 2.58. The third-order valence-electron chi connectivity index (χ3n) is 3.44. The summed E-state index contributed by atoms with van der Waals surface area (Å²) in [5.74, 6) is 0.731. The number of nitrogens with one attached hydrogen (secondary N) is 1. The Morgan fingerprint density at radius 1 is 1.45 bits per heavy atom. The van der Waals surface area contributed by atoms with Crippen molar-refractivity contribution in [1.82, 2.24) is 5.32 Å². The molecule has 1 aliphatic rings. The highest BCUT2D eigenvalue weighted by Gasteiger charge is 2.30. The van der Waals surface area contributed by atoms with E-state index in [2.05, 4.69) is 32.2 Å². The number of thioether (sulfide) groups is 1. The van der Waals surface area contributed by atoms with Crippen molar-refractivity contribution in [2.75, 3.05) is 12.4 Å². The molecule has 0 bridgehead atoms. The second kappa shape index (κ2) is 6.19. The molecule has 0 aliphatic carbocycles. The van der Waals surface area contributed by atoms with Gasteiger partial charge in [-0.3, -0.25) is 4.79 Å².